The fraction of sp³-hybridized carbons (Fsp3) is 0.167. The molecule has 0 fully saturated rings. The van der Waals surface area contributed by atoms with Gasteiger partial charge in [-0.25, -0.2) is 13.1 Å². The van der Waals surface area contributed by atoms with Crippen molar-refractivity contribution in [2.24, 2.45) is 0 Å². The number of rotatable bonds is 8. The van der Waals surface area contributed by atoms with Crippen LogP contribution in [0.25, 0.3) is 5.69 Å². The van der Waals surface area contributed by atoms with E-state index in [0.29, 0.717) is 21.8 Å². The van der Waals surface area contributed by atoms with Gasteiger partial charge in [-0.2, -0.15) is 0 Å². The highest BCUT2D eigenvalue weighted by atomic mass is 35.5. The Morgan fingerprint density at radius 2 is 1.69 bits per heavy atom. The molecular formula is C24H21Cl3N4O2S2. The summed E-state index contributed by atoms with van der Waals surface area (Å²) in [7, 11) is -3.96. The topological polar surface area (TPSA) is 76.9 Å². The van der Waals surface area contributed by atoms with E-state index in [1.165, 1.54) is 35.5 Å². The number of hydrogen-bond acceptors (Lipinski definition) is 5. The van der Waals surface area contributed by atoms with E-state index in [4.69, 9.17) is 34.8 Å². The van der Waals surface area contributed by atoms with E-state index in [0.717, 1.165) is 16.8 Å². The van der Waals surface area contributed by atoms with E-state index in [2.05, 4.69) is 27.1 Å². The molecule has 0 spiro atoms. The Labute approximate surface area is 223 Å². The SMILES string of the molecule is Cc1cccc(CSc2nnc(CNS(=O)(=O)c3cc(Cl)ccc3Cl)n2-c2cc(Cl)ccc2C)c1. The van der Waals surface area contributed by atoms with Gasteiger partial charge in [0.15, 0.2) is 11.0 Å². The fourth-order valence-electron chi connectivity index (χ4n) is 3.44. The zero-order chi connectivity index (χ0) is 25.2. The van der Waals surface area contributed by atoms with E-state index in [9.17, 15) is 8.42 Å². The first kappa shape index (κ1) is 26.0. The van der Waals surface area contributed by atoms with E-state index in [-0.39, 0.29) is 21.5 Å². The van der Waals surface area contributed by atoms with Crippen LogP contribution in [0.15, 0.2) is 70.7 Å². The lowest BCUT2D eigenvalue weighted by Crippen LogP contribution is -2.25. The highest BCUT2D eigenvalue weighted by molar-refractivity contribution is 7.98. The summed E-state index contributed by atoms with van der Waals surface area (Å²) in [6.45, 7) is 3.87. The molecule has 0 aliphatic rings. The Balaban J connectivity index is 1.67. The number of aryl methyl sites for hydroxylation is 2. The van der Waals surface area contributed by atoms with Crippen molar-refractivity contribution in [1.82, 2.24) is 19.5 Å². The number of nitrogens with one attached hydrogen (secondary N) is 1. The number of benzene rings is 3. The Kier molecular flexibility index (Phi) is 8.10. The van der Waals surface area contributed by atoms with Crippen molar-refractivity contribution >= 4 is 56.6 Å². The molecule has 0 aliphatic heterocycles. The van der Waals surface area contributed by atoms with Crippen molar-refractivity contribution in [3.63, 3.8) is 0 Å². The minimum atomic E-state index is -3.96. The largest absolute Gasteiger partial charge is 0.273 e. The Morgan fingerprint density at radius 3 is 2.46 bits per heavy atom. The molecule has 0 saturated heterocycles. The van der Waals surface area contributed by atoms with Gasteiger partial charge in [-0.3, -0.25) is 4.57 Å². The molecule has 0 amide bonds. The number of nitrogens with zero attached hydrogens (tertiary/aromatic N) is 3. The van der Waals surface area contributed by atoms with Crippen LogP contribution in [-0.2, 0) is 22.3 Å². The van der Waals surface area contributed by atoms with Crippen LogP contribution in [0.1, 0.15) is 22.5 Å². The van der Waals surface area contributed by atoms with Gasteiger partial charge >= 0.3 is 0 Å². The summed E-state index contributed by atoms with van der Waals surface area (Å²) in [5.74, 6) is 1.08. The van der Waals surface area contributed by atoms with Gasteiger partial charge in [-0.15, -0.1) is 10.2 Å². The summed E-state index contributed by atoms with van der Waals surface area (Å²) in [6.07, 6.45) is 0. The van der Waals surface area contributed by atoms with Crippen molar-refractivity contribution < 1.29 is 8.42 Å². The predicted octanol–water partition coefficient (Wildman–Crippen LogP) is 6.62. The quantitative estimate of drug-likeness (QED) is 0.242. The highest BCUT2D eigenvalue weighted by Gasteiger charge is 2.22. The maximum atomic E-state index is 13.0. The lowest BCUT2D eigenvalue weighted by molar-refractivity contribution is 0.578. The summed E-state index contributed by atoms with van der Waals surface area (Å²) < 4.78 is 30.3. The average molecular weight is 568 g/mol. The normalized spacial score (nSPS) is 11.7. The molecule has 0 unspecified atom stereocenters. The maximum Gasteiger partial charge on any atom is 0.242 e. The van der Waals surface area contributed by atoms with Gasteiger partial charge in [-0.05, 0) is 55.3 Å². The summed E-state index contributed by atoms with van der Waals surface area (Å²) in [5, 5.41) is 10.2. The maximum absolute atomic E-state index is 13.0. The van der Waals surface area contributed by atoms with Crippen molar-refractivity contribution in [2.75, 3.05) is 0 Å². The molecule has 0 bridgehead atoms. The number of aromatic nitrogens is 3. The van der Waals surface area contributed by atoms with Crippen LogP contribution in [0.4, 0.5) is 0 Å². The molecule has 182 valence electrons. The van der Waals surface area contributed by atoms with E-state index < -0.39 is 10.0 Å². The van der Waals surface area contributed by atoms with Crippen LogP contribution in [-0.4, -0.2) is 23.2 Å². The summed E-state index contributed by atoms with van der Waals surface area (Å²) in [4.78, 5) is -0.106. The fourth-order valence-corrected chi connectivity index (χ4v) is 6.26. The molecule has 3 aromatic carbocycles. The molecule has 0 radical (unpaired) electrons. The molecule has 11 heteroatoms. The summed E-state index contributed by atoms with van der Waals surface area (Å²) in [6, 6.07) is 18.0. The van der Waals surface area contributed by atoms with Gasteiger partial charge < -0.3 is 0 Å². The van der Waals surface area contributed by atoms with Crippen molar-refractivity contribution in [3.05, 3.63) is 98.2 Å². The van der Waals surface area contributed by atoms with Crippen LogP contribution < -0.4 is 4.72 Å². The van der Waals surface area contributed by atoms with E-state index in [1.807, 2.05) is 42.7 Å². The molecule has 4 rings (SSSR count). The standard InChI is InChI=1S/C24H21Cl3N4O2S2/c1-15-4-3-5-17(10-15)14-34-24-30-29-23(31(24)21-11-18(25)7-6-16(21)2)13-28-35(32,33)22-12-19(26)8-9-20(22)27/h3-12,28H,13-14H2,1-2H3. The van der Waals surface area contributed by atoms with Gasteiger partial charge in [0, 0.05) is 15.8 Å². The zero-order valence-corrected chi connectivity index (χ0v) is 22.7. The lowest BCUT2D eigenvalue weighted by Gasteiger charge is -2.14. The molecular weight excluding hydrogens is 547 g/mol. The van der Waals surface area contributed by atoms with Gasteiger partial charge in [0.25, 0.3) is 0 Å². The average Bonchev–Trinajstić information content (AvgIpc) is 3.22. The number of hydrogen-bond donors (Lipinski definition) is 1. The third-order valence-electron chi connectivity index (χ3n) is 5.17. The molecule has 4 aromatic rings. The molecule has 1 aromatic heterocycles. The first-order chi connectivity index (χ1) is 16.6. The molecule has 0 atom stereocenters. The monoisotopic (exact) mass is 566 g/mol. The molecule has 35 heavy (non-hydrogen) atoms. The second-order valence-electron chi connectivity index (χ2n) is 7.84. The van der Waals surface area contributed by atoms with Crippen molar-refractivity contribution in [2.45, 2.75) is 36.2 Å². The van der Waals surface area contributed by atoms with Gasteiger partial charge in [-0.1, -0.05) is 82.5 Å². The minimum Gasteiger partial charge on any atom is -0.273 e. The summed E-state index contributed by atoms with van der Waals surface area (Å²) in [5.41, 5.74) is 4.02. The van der Waals surface area contributed by atoms with Crippen molar-refractivity contribution in [3.8, 4) is 5.69 Å². The zero-order valence-electron chi connectivity index (χ0n) is 18.8. The minimum absolute atomic E-state index is 0.0726. The first-order valence-electron chi connectivity index (χ1n) is 10.5. The second kappa shape index (κ2) is 10.9. The molecule has 0 saturated carbocycles. The Morgan fingerprint density at radius 1 is 0.943 bits per heavy atom. The van der Waals surface area contributed by atoms with E-state index in [1.54, 1.807) is 6.07 Å². The number of thioether (sulfide) groups is 1. The van der Waals surface area contributed by atoms with Crippen LogP contribution in [0.3, 0.4) is 0 Å². The summed E-state index contributed by atoms with van der Waals surface area (Å²) >= 11 is 19.9. The smallest absolute Gasteiger partial charge is 0.242 e. The lowest BCUT2D eigenvalue weighted by atomic mass is 10.2. The highest BCUT2D eigenvalue weighted by Crippen LogP contribution is 2.29. The van der Waals surface area contributed by atoms with Gasteiger partial charge in [0.2, 0.25) is 10.0 Å². The molecule has 6 nitrogen and oxygen atoms in total. The molecule has 0 aliphatic carbocycles. The van der Waals surface area contributed by atoms with Gasteiger partial charge in [0.1, 0.15) is 4.90 Å². The molecule has 1 N–H and O–H groups in total. The second-order valence-corrected chi connectivity index (χ2v) is 11.8. The predicted molar refractivity (Wildman–Crippen MR) is 142 cm³/mol. The van der Waals surface area contributed by atoms with Crippen LogP contribution in [0.5, 0.6) is 0 Å². The van der Waals surface area contributed by atoms with Crippen molar-refractivity contribution in [1.29, 1.82) is 0 Å². The van der Waals surface area contributed by atoms with Gasteiger partial charge in [0.05, 0.1) is 17.3 Å². The number of sulfonamides is 1. The van der Waals surface area contributed by atoms with E-state index >= 15 is 0 Å². The molecule has 1 heterocycles. The first-order valence-corrected chi connectivity index (χ1v) is 14.1. The van der Waals surface area contributed by atoms with Crippen LogP contribution >= 0.6 is 46.6 Å². The van der Waals surface area contributed by atoms with Crippen LogP contribution in [0.2, 0.25) is 15.1 Å². The number of halogens is 3. The third kappa shape index (κ3) is 6.20. The Bertz CT molecular complexity index is 1490. The third-order valence-corrected chi connectivity index (χ3v) is 8.52. The van der Waals surface area contributed by atoms with Crippen LogP contribution in [0, 0.1) is 13.8 Å². The Hall–Kier alpha value is -2.07.